The molecule has 0 bridgehead atoms. The fourth-order valence-corrected chi connectivity index (χ4v) is 2.70. The van der Waals surface area contributed by atoms with E-state index in [9.17, 15) is 23.1 Å². The third-order valence-corrected chi connectivity index (χ3v) is 3.87. The predicted molar refractivity (Wildman–Crippen MR) is 88.9 cm³/mol. The first-order chi connectivity index (χ1) is 12.7. The Morgan fingerprint density at radius 1 is 1.30 bits per heavy atom. The SMILES string of the molecule is N=c1nc(Cl)cc2n(COCc3ccccc3)/c(=C(/O)C(F)(F)F)c(=O)n12. The van der Waals surface area contributed by atoms with Crippen molar-refractivity contribution in [3.05, 3.63) is 68.4 Å². The van der Waals surface area contributed by atoms with Crippen LogP contribution in [0.25, 0.3) is 11.4 Å². The number of fused-ring (bicyclic) bond motifs is 1. The third-order valence-electron chi connectivity index (χ3n) is 3.68. The molecule has 0 unspecified atom stereocenters. The molecule has 2 heterocycles. The first kappa shape index (κ1) is 18.9. The van der Waals surface area contributed by atoms with Crippen molar-refractivity contribution in [2.45, 2.75) is 19.5 Å². The van der Waals surface area contributed by atoms with Crippen LogP contribution in [0.5, 0.6) is 0 Å². The first-order valence-corrected chi connectivity index (χ1v) is 7.86. The van der Waals surface area contributed by atoms with Gasteiger partial charge >= 0.3 is 6.18 Å². The van der Waals surface area contributed by atoms with Crippen LogP contribution in [0.15, 0.2) is 41.2 Å². The van der Waals surface area contributed by atoms with Gasteiger partial charge < -0.3 is 9.84 Å². The lowest BCUT2D eigenvalue weighted by molar-refractivity contribution is -0.0903. The van der Waals surface area contributed by atoms with Crippen LogP contribution in [0.3, 0.4) is 0 Å². The summed E-state index contributed by atoms with van der Waals surface area (Å²) in [5.74, 6) is -2.09. The van der Waals surface area contributed by atoms with Gasteiger partial charge in [0.1, 0.15) is 17.5 Å². The predicted octanol–water partition coefficient (Wildman–Crippen LogP) is 1.75. The molecule has 0 aliphatic heterocycles. The Balaban J connectivity index is 2.17. The van der Waals surface area contributed by atoms with Crippen LogP contribution in [0, 0.1) is 5.41 Å². The highest BCUT2D eigenvalue weighted by molar-refractivity contribution is 6.29. The molecule has 3 rings (SSSR count). The zero-order valence-electron chi connectivity index (χ0n) is 13.5. The fraction of sp³-hybridized carbons (Fsp3) is 0.188. The van der Waals surface area contributed by atoms with E-state index in [0.717, 1.165) is 16.2 Å². The van der Waals surface area contributed by atoms with Gasteiger partial charge in [-0.3, -0.25) is 14.8 Å². The van der Waals surface area contributed by atoms with Crippen LogP contribution in [-0.2, 0) is 18.1 Å². The molecule has 0 amide bonds. The number of imidazole rings is 1. The summed E-state index contributed by atoms with van der Waals surface area (Å²) < 4.78 is 45.9. The van der Waals surface area contributed by atoms with Gasteiger partial charge in [-0.25, -0.2) is 9.38 Å². The molecule has 1 aromatic carbocycles. The molecular formula is C16H12ClF3N4O3. The van der Waals surface area contributed by atoms with Crippen LogP contribution in [0.2, 0.25) is 5.15 Å². The first-order valence-electron chi connectivity index (χ1n) is 7.48. The zero-order chi connectivity index (χ0) is 19.8. The number of hydrogen-bond donors (Lipinski definition) is 2. The third kappa shape index (κ3) is 3.67. The second kappa shape index (κ2) is 7.05. The lowest BCUT2D eigenvalue weighted by Gasteiger charge is -2.09. The number of hydrogen-bond acceptors (Lipinski definition) is 5. The average Bonchev–Trinajstić information content (AvgIpc) is 2.86. The van der Waals surface area contributed by atoms with Gasteiger partial charge in [0.15, 0.2) is 5.35 Å². The number of aliphatic hydroxyl groups is 1. The van der Waals surface area contributed by atoms with Crippen molar-refractivity contribution in [1.82, 2.24) is 14.0 Å². The highest BCUT2D eigenvalue weighted by Gasteiger charge is 2.37. The number of rotatable bonds is 4. The normalized spacial score (nSPS) is 13.2. The molecule has 142 valence electrons. The summed E-state index contributed by atoms with van der Waals surface area (Å²) in [5.41, 5.74) is -1.32. The molecule has 27 heavy (non-hydrogen) atoms. The van der Waals surface area contributed by atoms with Gasteiger partial charge in [0.2, 0.25) is 11.4 Å². The summed E-state index contributed by atoms with van der Waals surface area (Å²) >= 11 is 5.76. The van der Waals surface area contributed by atoms with E-state index in [-0.39, 0.29) is 17.4 Å². The van der Waals surface area contributed by atoms with Crippen LogP contribution < -0.4 is 16.5 Å². The minimum atomic E-state index is -5.16. The molecule has 2 aromatic heterocycles. The summed E-state index contributed by atoms with van der Waals surface area (Å²) in [5, 5.41) is 16.0. The van der Waals surface area contributed by atoms with E-state index in [1.807, 2.05) is 0 Å². The average molecular weight is 401 g/mol. The van der Waals surface area contributed by atoms with E-state index in [4.69, 9.17) is 21.7 Å². The molecule has 7 nitrogen and oxygen atoms in total. The van der Waals surface area contributed by atoms with Crippen LogP contribution in [0.4, 0.5) is 13.2 Å². The molecule has 0 radical (unpaired) electrons. The summed E-state index contributed by atoms with van der Waals surface area (Å²) in [6.45, 7) is -0.436. The molecule has 0 saturated heterocycles. The van der Waals surface area contributed by atoms with Crippen LogP contribution in [0.1, 0.15) is 5.56 Å². The Labute approximate surface area is 154 Å². The number of nitrogens with zero attached hydrogens (tertiary/aromatic N) is 3. The number of alkyl halides is 3. The minimum Gasteiger partial charge on any atom is -0.503 e. The fourth-order valence-electron chi connectivity index (χ4n) is 2.52. The maximum Gasteiger partial charge on any atom is 0.451 e. The van der Waals surface area contributed by atoms with Crippen LogP contribution >= 0.6 is 11.6 Å². The largest absolute Gasteiger partial charge is 0.503 e. The quantitative estimate of drug-likeness (QED) is 0.653. The molecule has 0 fully saturated rings. The monoisotopic (exact) mass is 400 g/mol. The molecule has 0 atom stereocenters. The number of ether oxygens (including phenoxy) is 1. The second-order valence-corrected chi connectivity index (χ2v) is 5.87. The number of halogens is 4. The Hall–Kier alpha value is -2.85. The smallest absolute Gasteiger partial charge is 0.451 e. The molecule has 0 spiro atoms. The highest BCUT2D eigenvalue weighted by atomic mass is 35.5. The van der Waals surface area contributed by atoms with E-state index in [1.54, 1.807) is 30.3 Å². The van der Waals surface area contributed by atoms with Crippen molar-refractivity contribution in [3.8, 4) is 0 Å². The van der Waals surface area contributed by atoms with Crippen molar-refractivity contribution in [1.29, 1.82) is 5.41 Å². The van der Waals surface area contributed by atoms with Gasteiger partial charge in [0, 0.05) is 6.07 Å². The minimum absolute atomic E-state index is 0.0537. The van der Waals surface area contributed by atoms with Crippen LogP contribution in [-0.4, -0.2) is 25.2 Å². The van der Waals surface area contributed by atoms with E-state index < -0.39 is 35.2 Å². The van der Waals surface area contributed by atoms with Crippen molar-refractivity contribution in [3.63, 3.8) is 0 Å². The summed E-state index contributed by atoms with van der Waals surface area (Å²) in [6.07, 6.45) is -5.16. The molecular weight excluding hydrogens is 389 g/mol. The second-order valence-electron chi connectivity index (χ2n) is 5.49. The van der Waals surface area contributed by atoms with Gasteiger partial charge in [0.25, 0.3) is 5.56 Å². The van der Waals surface area contributed by atoms with E-state index in [2.05, 4.69) is 4.98 Å². The van der Waals surface area contributed by atoms with Crippen molar-refractivity contribution < 1.29 is 23.0 Å². The molecule has 2 N–H and O–H groups in total. The van der Waals surface area contributed by atoms with Crippen molar-refractivity contribution >= 4 is 23.0 Å². The highest BCUT2D eigenvalue weighted by Crippen LogP contribution is 2.23. The van der Waals surface area contributed by atoms with E-state index in [1.165, 1.54) is 0 Å². The summed E-state index contributed by atoms with van der Waals surface area (Å²) in [4.78, 5) is 15.9. The number of benzene rings is 1. The Morgan fingerprint density at radius 3 is 2.59 bits per heavy atom. The van der Waals surface area contributed by atoms with Gasteiger partial charge in [0.05, 0.1) is 6.61 Å². The molecule has 3 aromatic rings. The summed E-state index contributed by atoms with van der Waals surface area (Å²) in [7, 11) is 0. The molecule has 0 aliphatic carbocycles. The summed E-state index contributed by atoms with van der Waals surface area (Å²) in [6, 6.07) is 9.95. The standard InChI is InChI=1S/C16H12ClF3N4O3/c17-10-6-11-23(8-27-7-9-4-2-1-3-5-9)12(13(25)16(18,19)20)14(26)24(11)15(21)22-10/h1-6,21,25H,7-8H2/b13-12+,21-15?. The Morgan fingerprint density at radius 2 is 1.96 bits per heavy atom. The van der Waals surface area contributed by atoms with Gasteiger partial charge in [-0.2, -0.15) is 13.2 Å². The van der Waals surface area contributed by atoms with E-state index in [0.29, 0.717) is 4.40 Å². The van der Waals surface area contributed by atoms with Crippen molar-refractivity contribution in [2.75, 3.05) is 0 Å². The molecule has 11 heteroatoms. The molecule has 0 aliphatic rings. The Kier molecular flexibility index (Phi) is 4.94. The number of nitrogens with one attached hydrogen (secondary N) is 1. The Bertz CT molecular complexity index is 1160. The number of aliphatic hydroxyl groups excluding tert-OH is 1. The maximum absolute atomic E-state index is 13.0. The van der Waals surface area contributed by atoms with Gasteiger partial charge in [-0.1, -0.05) is 41.9 Å². The molecule has 0 saturated carbocycles. The lowest BCUT2D eigenvalue weighted by atomic mass is 10.2. The topological polar surface area (TPSA) is 92.6 Å². The maximum atomic E-state index is 13.0. The lowest BCUT2D eigenvalue weighted by Crippen LogP contribution is -2.39. The zero-order valence-corrected chi connectivity index (χ0v) is 14.3. The van der Waals surface area contributed by atoms with Crippen molar-refractivity contribution in [2.24, 2.45) is 0 Å². The number of aromatic nitrogens is 3. The van der Waals surface area contributed by atoms with Gasteiger partial charge in [-0.15, -0.1) is 0 Å². The van der Waals surface area contributed by atoms with E-state index >= 15 is 0 Å². The van der Waals surface area contributed by atoms with Gasteiger partial charge in [-0.05, 0) is 5.56 Å².